The monoisotopic (exact) mass is 1080 g/mol. The van der Waals surface area contributed by atoms with Gasteiger partial charge in [0.05, 0.1) is 25.4 Å². The van der Waals surface area contributed by atoms with Crippen molar-refractivity contribution in [3.8, 4) is 0 Å². The molecular formula is C71H137NO5. The molecule has 0 rings (SSSR count). The first-order valence-corrected chi connectivity index (χ1v) is 35.1. The van der Waals surface area contributed by atoms with E-state index in [1.165, 1.54) is 315 Å². The Kier molecular flexibility index (Phi) is 65.4. The summed E-state index contributed by atoms with van der Waals surface area (Å²) in [5, 5.41) is 23.2. The molecule has 0 aromatic heterocycles. The number of esters is 1. The maximum Gasteiger partial charge on any atom is 0.305 e. The van der Waals surface area contributed by atoms with Gasteiger partial charge in [-0.2, -0.15) is 0 Å². The first kappa shape index (κ1) is 75.3. The van der Waals surface area contributed by atoms with Crippen molar-refractivity contribution in [2.45, 2.75) is 405 Å². The van der Waals surface area contributed by atoms with Crippen LogP contribution < -0.4 is 5.32 Å². The summed E-state index contributed by atoms with van der Waals surface area (Å²) in [6.45, 7) is 4.97. The Hall–Kier alpha value is -1.66. The molecule has 456 valence electrons. The van der Waals surface area contributed by atoms with Crippen molar-refractivity contribution in [3.05, 3.63) is 24.3 Å². The third-order valence-corrected chi connectivity index (χ3v) is 16.5. The van der Waals surface area contributed by atoms with E-state index >= 15 is 0 Å². The van der Waals surface area contributed by atoms with Crippen molar-refractivity contribution in [2.75, 3.05) is 13.2 Å². The Morgan fingerprint density at radius 3 is 0.922 bits per heavy atom. The van der Waals surface area contributed by atoms with E-state index in [0.29, 0.717) is 25.9 Å². The molecule has 0 saturated heterocycles. The minimum atomic E-state index is -0.660. The van der Waals surface area contributed by atoms with Gasteiger partial charge in [-0.1, -0.05) is 327 Å². The van der Waals surface area contributed by atoms with Crippen molar-refractivity contribution in [1.29, 1.82) is 0 Å². The van der Waals surface area contributed by atoms with Gasteiger partial charge in [-0.15, -0.1) is 0 Å². The molecule has 0 heterocycles. The molecule has 0 bridgehead atoms. The number of nitrogens with one attached hydrogen (secondary N) is 1. The van der Waals surface area contributed by atoms with E-state index in [-0.39, 0.29) is 18.5 Å². The number of hydrogen-bond donors (Lipinski definition) is 3. The number of hydrogen-bond acceptors (Lipinski definition) is 5. The fraction of sp³-hybridized carbons (Fsp3) is 0.915. The Labute approximate surface area is 481 Å². The van der Waals surface area contributed by atoms with E-state index in [1.807, 2.05) is 0 Å². The Balaban J connectivity index is 3.32. The van der Waals surface area contributed by atoms with Crippen LogP contribution in [-0.4, -0.2) is 47.4 Å². The lowest BCUT2D eigenvalue weighted by Gasteiger charge is -2.22. The summed E-state index contributed by atoms with van der Waals surface area (Å²) in [6, 6.07) is -0.538. The largest absolute Gasteiger partial charge is 0.466 e. The van der Waals surface area contributed by atoms with Crippen molar-refractivity contribution in [2.24, 2.45) is 0 Å². The molecule has 0 radical (unpaired) electrons. The van der Waals surface area contributed by atoms with Gasteiger partial charge in [-0.3, -0.25) is 9.59 Å². The lowest BCUT2D eigenvalue weighted by Crippen LogP contribution is -2.45. The van der Waals surface area contributed by atoms with Crippen LogP contribution in [0.4, 0.5) is 0 Å². The second kappa shape index (κ2) is 66.8. The molecule has 1 amide bonds. The number of unbranched alkanes of at least 4 members (excludes halogenated alkanes) is 51. The van der Waals surface area contributed by atoms with Gasteiger partial charge in [0.15, 0.2) is 0 Å². The van der Waals surface area contributed by atoms with Gasteiger partial charge >= 0.3 is 5.97 Å². The molecule has 0 fully saturated rings. The zero-order valence-electron chi connectivity index (χ0n) is 52.2. The predicted octanol–water partition coefficient (Wildman–Crippen LogP) is 22.5. The minimum Gasteiger partial charge on any atom is -0.466 e. The predicted molar refractivity (Wildman–Crippen MR) is 338 cm³/mol. The number of ether oxygens (including phenoxy) is 1. The standard InChI is InChI=1S/C71H137NO5/c1-3-5-7-9-11-13-15-16-17-34-38-41-45-49-53-57-61-65-71(76)77-66-62-58-54-50-46-42-39-36-33-31-29-27-25-23-21-19-18-20-22-24-26-28-30-32-35-37-40-44-48-52-56-60-64-70(75)72-68(67-73)69(74)63-59-55-51-47-43-14-12-10-8-6-4-2/h16-17,21,23,68-69,73-74H,3-15,18-20,22,24-67H2,1-2H3,(H,72,75)/b17-16-,23-21-. The Morgan fingerprint density at radius 2 is 0.610 bits per heavy atom. The molecule has 77 heavy (non-hydrogen) atoms. The number of carbonyl (C=O) groups excluding carboxylic acids is 2. The average molecular weight is 1080 g/mol. The van der Waals surface area contributed by atoms with Gasteiger partial charge < -0.3 is 20.3 Å². The molecule has 2 unspecified atom stereocenters. The van der Waals surface area contributed by atoms with Crippen molar-refractivity contribution < 1.29 is 24.5 Å². The quantitative estimate of drug-likeness (QED) is 0.0320. The van der Waals surface area contributed by atoms with Gasteiger partial charge in [0.2, 0.25) is 5.91 Å². The number of carbonyl (C=O) groups is 2. The van der Waals surface area contributed by atoms with Crippen LogP contribution in [0.3, 0.4) is 0 Å². The van der Waals surface area contributed by atoms with E-state index < -0.39 is 12.1 Å². The molecule has 6 nitrogen and oxygen atoms in total. The molecule has 0 saturated carbocycles. The number of allylic oxidation sites excluding steroid dienone is 4. The molecule has 0 aromatic carbocycles. The van der Waals surface area contributed by atoms with Crippen LogP contribution in [0.25, 0.3) is 0 Å². The SMILES string of the molecule is CCCCCCCC/C=C\CCCCCCCCCC(=O)OCCCCCCCCCCCCCC/C=C\CCCCCCCCCCCCCCCCCCC(=O)NC(CO)C(O)CCCCCCCCCCCCC. The van der Waals surface area contributed by atoms with E-state index in [2.05, 4.69) is 43.5 Å². The van der Waals surface area contributed by atoms with E-state index in [4.69, 9.17) is 4.74 Å². The van der Waals surface area contributed by atoms with Gasteiger partial charge in [0.25, 0.3) is 0 Å². The average Bonchev–Trinajstić information content (AvgIpc) is 3.43. The topological polar surface area (TPSA) is 95.9 Å². The number of aliphatic hydroxyl groups is 2. The van der Waals surface area contributed by atoms with Gasteiger partial charge in [0.1, 0.15) is 0 Å². The van der Waals surface area contributed by atoms with Crippen molar-refractivity contribution in [1.82, 2.24) is 5.32 Å². The highest BCUT2D eigenvalue weighted by Crippen LogP contribution is 2.18. The highest BCUT2D eigenvalue weighted by molar-refractivity contribution is 5.76. The van der Waals surface area contributed by atoms with E-state index in [0.717, 1.165) is 44.9 Å². The third kappa shape index (κ3) is 63.4. The summed E-state index contributed by atoms with van der Waals surface area (Å²) >= 11 is 0. The van der Waals surface area contributed by atoms with Crippen LogP contribution in [0, 0.1) is 0 Å². The zero-order valence-corrected chi connectivity index (χ0v) is 52.2. The molecule has 2 atom stereocenters. The normalized spacial score (nSPS) is 12.6. The summed E-state index contributed by atoms with van der Waals surface area (Å²) in [4.78, 5) is 24.6. The fourth-order valence-electron chi connectivity index (χ4n) is 11.1. The summed E-state index contributed by atoms with van der Waals surface area (Å²) in [5.41, 5.74) is 0. The molecule has 0 aliphatic carbocycles. The molecule has 0 spiro atoms. The van der Waals surface area contributed by atoms with Crippen LogP contribution in [0.5, 0.6) is 0 Å². The first-order valence-electron chi connectivity index (χ1n) is 35.1. The molecular weight excluding hydrogens is 947 g/mol. The van der Waals surface area contributed by atoms with E-state index in [1.54, 1.807) is 0 Å². The maximum absolute atomic E-state index is 12.5. The van der Waals surface area contributed by atoms with Gasteiger partial charge in [-0.05, 0) is 77.0 Å². The van der Waals surface area contributed by atoms with Gasteiger partial charge in [-0.25, -0.2) is 0 Å². The van der Waals surface area contributed by atoms with Crippen LogP contribution >= 0.6 is 0 Å². The summed E-state index contributed by atoms with van der Waals surface area (Å²) in [6.07, 6.45) is 83.8. The van der Waals surface area contributed by atoms with Crippen molar-refractivity contribution in [3.63, 3.8) is 0 Å². The first-order chi connectivity index (χ1) is 38.0. The van der Waals surface area contributed by atoms with Crippen molar-refractivity contribution >= 4 is 11.9 Å². The molecule has 0 aromatic rings. The van der Waals surface area contributed by atoms with Gasteiger partial charge in [0, 0.05) is 12.8 Å². The molecule has 3 N–H and O–H groups in total. The number of amides is 1. The number of rotatable bonds is 66. The second-order valence-electron chi connectivity index (χ2n) is 24.2. The van der Waals surface area contributed by atoms with Crippen LogP contribution in [0.15, 0.2) is 24.3 Å². The minimum absolute atomic E-state index is 0.0154. The second-order valence-corrected chi connectivity index (χ2v) is 24.2. The van der Waals surface area contributed by atoms with Crippen LogP contribution in [0.2, 0.25) is 0 Å². The highest BCUT2D eigenvalue weighted by Gasteiger charge is 2.20. The molecule has 6 heteroatoms. The summed E-state index contributed by atoms with van der Waals surface area (Å²) < 4.78 is 5.50. The summed E-state index contributed by atoms with van der Waals surface area (Å²) in [7, 11) is 0. The van der Waals surface area contributed by atoms with E-state index in [9.17, 15) is 19.8 Å². The molecule has 0 aliphatic heterocycles. The lowest BCUT2D eigenvalue weighted by molar-refractivity contribution is -0.143. The number of aliphatic hydroxyl groups excluding tert-OH is 2. The Morgan fingerprint density at radius 1 is 0.351 bits per heavy atom. The third-order valence-electron chi connectivity index (χ3n) is 16.5. The maximum atomic E-state index is 12.5. The lowest BCUT2D eigenvalue weighted by atomic mass is 10.0. The Bertz CT molecular complexity index is 1200. The van der Waals surface area contributed by atoms with Crippen LogP contribution in [-0.2, 0) is 14.3 Å². The van der Waals surface area contributed by atoms with Crippen LogP contribution in [0.1, 0.15) is 393 Å². The summed E-state index contributed by atoms with van der Waals surface area (Å²) in [5.74, 6) is -0.0161. The molecule has 0 aliphatic rings. The zero-order chi connectivity index (χ0) is 55.7. The highest BCUT2D eigenvalue weighted by atomic mass is 16.5. The fourth-order valence-corrected chi connectivity index (χ4v) is 11.1. The smallest absolute Gasteiger partial charge is 0.305 e.